The summed E-state index contributed by atoms with van der Waals surface area (Å²) in [5.41, 5.74) is 12.1. The monoisotopic (exact) mass is 925 g/mol. The first-order valence-corrected chi connectivity index (χ1v) is 23.9. The molecule has 13 aromatic rings. The number of aromatic nitrogens is 5. The fourth-order valence-electron chi connectivity index (χ4n) is 8.01. The minimum atomic E-state index is 1.03. The van der Waals surface area contributed by atoms with Crippen LogP contribution in [-0.4, -0.2) is 24.9 Å². The van der Waals surface area contributed by atoms with Crippen molar-refractivity contribution in [3.63, 3.8) is 0 Å². The SMILES string of the molecule is c1ccc(-c2ccc3ccccc3n2)cc1.c1ccc(-c2ccccn2)cc1.c1ccc(-c2ccccn2)cc1.c1ccc(-c2nccc3ccccc23)cc1.c1ccc(-c2nccc3ccccc23)cc1. The van der Waals surface area contributed by atoms with Crippen LogP contribution in [0.5, 0.6) is 0 Å². The van der Waals surface area contributed by atoms with Gasteiger partial charge in [-0.2, -0.15) is 0 Å². The van der Waals surface area contributed by atoms with E-state index in [4.69, 9.17) is 0 Å². The Morgan fingerprint density at radius 1 is 0.194 bits per heavy atom. The van der Waals surface area contributed by atoms with Crippen molar-refractivity contribution < 1.29 is 0 Å². The van der Waals surface area contributed by atoms with Gasteiger partial charge in [0, 0.05) is 68.8 Å². The molecular weight excluding hydrogens is 875 g/mol. The number of hydrogen-bond donors (Lipinski definition) is 0. The second-order valence-corrected chi connectivity index (χ2v) is 16.4. The van der Waals surface area contributed by atoms with E-state index in [1.165, 1.54) is 38.1 Å². The van der Waals surface area contributed by atoms with Gasteiger partial charge in [0.05, 0.1) is 34.0 Å². The molecule has 8 aromatic carbocycles. The lowest BCUT2D eigenvalue weighted by atomic mass is 10.0. The van der Waals surface area contributed by atoms with Gasteiger partial charge in [-0.3, -0.25) is 19.9 Å². The molecule has 0 unspecified atom stereocenters. The lowest BCUT2D eigenvalue weighted by molar-refractivity contribution is 1.33. The molecule has 0 spiro atoms. The highest BCUT2D eigenvalue weighted by molar-refractivity contribution is 5.95. The van der Waals surface area contributed by atoms with E-state index in [0.29, 0.717) is 0 Å². The van der Waals surface area contributed by atoms with Crippen molar-refractivity contribution in [2.45, 2.75) is 0 Å². The van der Waals surface area contributed by atoms with Crippen molar-refractivity contribution in [3.05, 3.63) is 310 Å². The van der Waals surface area contributed by atoms with Crippen molar-refractivity contribution in [1.82, 2.24) is 24.9 Å². The third-order valence-corrected chi connectivity index (χ3v) is 11.6. The second-order valence-electron chi connectivity index (χ2n) is 16.4. The summed E-state index contributed by atoms with van der Waals surface area (Å²) in [6.45, 7) is 0. The highest BCUT2D eigenvalue weighted by atomic mass is 14.7. The molecule has 0 N–H and O–H groups in total. The molecule has 0 radical (unpaired) electrons. The minimum Gasteiger partial charge on any atom is -0.256 e. The first-order chi connectivity index (χ1) is 35.8. The van der Waals surface area contributed by atoms with Gasteiger partial charge in [-0.05, 0) is 59.3 Å². The van der Waals surface area contributed by atoms with Crippen LogP contribution in [-0.2, 0) is 0 Å². The Labute approximate surface area is 421 Å². The van der Waals surface area contributed by atoms with Gasteiger partial charge in [-0.15, -0.1) is 0 Å². The van der Waals surface area contributed by atoms with Crippen molar-refractivity contribution in [2.24, 2.45) is 0 Å². The number of para-hydroxylation sites is 1. The van der Waals surface area contributed by atoms with E-state index in [9.17, 15) is 0 Å². The Morgan fingerprint density at radius 3 is 0.958 bits per heavy atom. The van der Waals surface area contributed by atoms with Crippen LogP contribution < -0.4 is 0 Å². The second kappa shape index (κ2) is 25.1. The Balaban J connectivity index is 0.000000112. The van der Waals surface area contributed by atoms with Crippen LogP contribution in [0.3, 0.4) is 0 Å². The molecule has 13 rings (SSSR count). The Kier molecular flexibility index (Phi) is 16.5. The largest absolute Gasteiger partial charge is 0.256 e. The molecule has 0 bridgehead atoms. The molecule has 0 atom stereocenters. The quantitative estimate of drug-likeness (QED) is 0.172. The van der Waals surface area contributed by atoms with Gasteiger partial charge in [0.1, 0.15) is 0 Å². The first-order valence-electron chi connectivity index (χ1n) is 23.9. The van der Waals surface area contributed by atoms with Crippen molar-refractivity contribution in [3.8, 4) is 56.3 Å². The summed E-state index contributed by atoms with van der Waals surface area (Å²) in [6.07, 6.45) is 7.35. The van der Waals surface area contributed by atoms with Crippen LogP contribution in [0.25, 0.3) is 88.7 Å². The Bertz CT molecular complexity index is 3370. The number of fused-ring (bicyclic) bond motifs is 3. The van der Waals surface area contributed by atoms with Crippen LogP contribution in [0.2, 0.25) is 0 Å². The molecule has 72 heavy (non-hydrogen) atoms. The number of benzene rings is 8. The minimum absolute atomic E-state index is 1.03. The molecule has 0 fully saturated rings. The Morgan fingerprint density at radius 2 is 0.542 bits per heavy atom. The van der Waals surface area contributed by atoms with E-state index < -0.39 is 0 Å². The smallest absolute Gasteiger partial charge is 0.0780 e. The van der Waals surface area contributed by atoms with Gasteiger partial charge in [-0.1, -0.05) is 237 Å². The molecule has 0 aliphatic rings. The zero-order valence-corrected chi connectivity index (χ0v) is 39.7. The van der Waals surface area contributed by atoms with Crippen LogP contribution in [0, 0.1) is 0 Å². The zero-order chi connectivity index (χ0) is 48.8. The van der Waals surface area contributed by atoms with E-state index in [-0.39, 0.29) is 0 Å². The van der Waals surface area contributed by atoms with E-state index in [0.717, 1.165) is 50.7 Å². The summed E-state index contributed by atoms with van der Waals surface area (Å²) in [4.78, 5) is 22.1. The molecule has 0 saturated heterocycles. The standard InChI is InChI=1S/3C15H11N.2C11H9N/c2*1-2-7-13(8-3-1)15-14-9-5-4-6-12(14)10-11-16-15;1-2-6-12(7-3-1)15-11-10-13-8-4-5-9-14(13)16-15;2*1-2-6-10(7-3-1)11-8-4-5-9-12-11/h3*1-11H;2*1-9H. The predicted octanol–water partition coefficient (Wildman–Crippen LogP) is 17.2. The number of hydrogen-bond acceptors (Lipinski definition) is 5. The topological polar surface area (TPSA) is 64.5 Å². The van der Waals surface area contributed by atoms with Gasteiger partial charge in [0.25, 0.3) is 0 Å². The maximum Gasteiger partial charge on any atom is 0.0780 e. The van der Waals surface area contributed by atoms with E-state index in [1.807, 2.05) is 183 Å². The molecule has 0 amide bonds. The average Bonchev–Trinajstić information content (AvgIpc) is 3.49. The summed E-state index contributed by atoms with van der Waals surface area (Å²) in [5, 5.41) is 6.06. The molecule has 0 aliphatic heterocycles. The fraction of sp³-hybridized carbons (Fsp3) is 0. The van der Waals surface area contributed by atoms with E-state index in [2.05, 4.69) is 152 Å². The van der Waals surface area contributed by atoms with Crippen LogP contribution in [0.4, 0.5) is 0 Å². The maximum absolute atomic E-state index is 4.65. The molecular formula is C67H51N5. The third kappa shape index (κ3) is 12.9. The van der Waals surface area contributed by atoms with Gasteiger partial charge in [-0.25, -0.2) is 4.98 Å². The average molecular weight is 926 g/mol. The van der Waals surface area contributed by atoms with Crippen LogP contribution in [0.1, 0.15) is 0 Å². The molecule has 0 saturated carbocycles. The highest BCUT2D eigenvalue weighted by Gasteiger charge is 2.05. The molecule has 5 nitrogen and oxygen atoms in total. The zero-order valence-electron chi connectivity index (χ0n) is 39.7. The molecule has 0 aliphatic carbocycles. The number of rotatable bonds is 5. The summed E-state index contributed by atoms with van der Waals surface area (Å²) < 4.78 is 0. The number of nitrogens with zero attached hydrogens (tertiary/aromatic N) is 5. The summed E-state index contributed by atoms with van der Waals surface area (Å²) in [5.74, 6) is 0. The summed E-state index contributed by atoms with van der Waals surface area (Å²) >= 11 is 0. The van der Waals surface area contributed by atoms with E-state index in [1.54, 1.807) is 0 Å². The van der Waals surface area contributed by atoms with Crippen molar-refractivity contribution in [1.29, 1.82) is 0 Å². The third-order valence-electron chi connectivity index (χ3n) is 11.6. The van der Waals surface area contributed by atoms with Gasteiger partial charge < -0.3 is 0 Å². The fourth-order valence-corrected chi connectivity index (χ4v) is 8.01. The lowest BCUT2D eigenvalue weighted by Gasteiger charge is -2.04. The molecule has 5 aromatic heterocycles. The highest BCUT2D eigenvalue weighted by Crippen LogP contribution is 2.27. The Hall–Kier alpha value is -9.71. The lowest BCUT2D eigenvalue weighted by Crippen LogP contribution is -1.84. The summed E-state index contributed by atoms with van der Waals surface area (Å²) in [7, 11) is 0. The predicted molar refractivity (Wildman–Crippen MR) is 301 cm³/mol. The van der Waals surface area contributed by atoms with Gasteiger partial charge in [0.2, 0.25) is 0 Å². The molecule has 5 heterocycles. The van der Waals surface area contributed by atoms with Crippen molar-refractivity contribution in [2.75, 3.05) is 0 Å². The van der Waals surface area contributed by atoms with E-state index >= 15 is 0 Å². The summed E-state index contributed by atoms with van der Waals surface area (Å²) in [6, 6.07) is 96.1. The van der Waals surface area contributed by atoms with Crippen LogP contribution >= 0.6 is 0 Å². The maximum atomic E-state index is 4.65. The first kappa shape index (κ1) is 47.4. The van der Waals surface area contributed by atoms with Crippen LogP contribution in [0.15, 0.2) is 310 Å². The van der Waals surface area contributed by atoms with Gasteiger partial charge in [0.15, 0.2) is 0 Å². The normalized spacial score (nSPS) is 10.2. The molecule has 5 heteroatoms. The van der Waals surface area contributed by atoms with Gasteiger partial charge >= 0.3 is 0 Å². The van der Waals surface area contributed by atoms with Crippen molar-refractivity contribution >= 4 is 32.4 Å². The molecule has 344 valence electrons. The number of pyridine rings is 5.